The average Bonchev–Trinajstić information content (AvgIpc) is 3.36. The number of halogens is 3. The topological polar surface area (TPSA) is 32.3 Å². The molecule has 2 aliphatic rings. The highest BCUT2D eigenvalue weighted by Gasteiger charge is 2.48. The van der Waals surface area contributed by atoms with Gasteiger partial charge < -0.3 is 10.2 Å². The number of nitrogens with zero attached hydrogens (tertiary/aromatic N) is 1. The molecule has 1 saturated heterocycles. The third-order valence-corrected chi connectivity index (χ3v) is 4.99. The summed E-state index contributed by atoms with van der Waals surface area (Å²) in [7, 11) is 0. The van der Waals surface area contributed by atoms with Crippen molar-refractivity contribution < 1.29 is 13.6 Å². The standard InChI is InChI=1S/C18H24F2N2O.ClH/c1-2-10-22(12-6-8-21-9-7-12)18(23)15-11-14(15)13-4-3-5-16(19)17(13)20;/h3-5,12,14-15,21H,2,6-11H2,1H3;1H. The van der Waals surface area contributed by atoms with Gasteiger partial charge in [0.1, 0.15) is 0 Å². The van der Waals surface area contributed by atoms with Crippen LogP contribution in [0.5, 0.6) is 0 Å². The zero-order valence-corrected chi connectivity index (χ0v) is 14.7. The summed E-state index contributed by atoms with van der Waals surface area (Å²) in [5.41, 5.74) is 0.352. The van der Waals surface area contributed by atoms with Crippen molar-refractivity contribution in [1.82, 2.24) is 10.2 Å². The van der Waals surface area contributed by atoms with Crippen LogP contribution in [0.25, 0.3) is 0 Å². The molecule has 24 heavy (non-hydrogen) atoms. The van der Waals surface area contributed by atoms with Crippen molar-refractivity contribution in [1.29, 1.82) is 0 Å². The Morgan fingerprint density at radius 3 is 2.67 bits per heavy atom. The van der Waals surface area contributed by atoms with Gasteiger partial charge in [-0.05, 0) is 56.3 Å². The van der Waals surface area contributed by atoms with Gasteiger partial charge in [0.15, 0.2) is 11.6 Å². The van der Waals surface area contributed by atoms with Gasteiger partial charge in [-0.2, -0.15) is 0 Å². The second kappa shape index (κ2) is 8.26. The highest BCUT2D eigenvalue weighted by molar-refractivity contribution is 5.85. The number of nitrogens with one attached hydrogen (secondary N) is 1. The van der Waals surface area contributed by atoms with E-state index in [-0.39, 0.29) is 36.2 Å². The lowest BCUT2D eigenvalue weighted by molar-refractivity contribution is -0.135. The van der Waals surface area contributed by atoms with Crippen LogP contribution in [0.4, 0.5) is 8.78 Å². The van der Waals surface area contributed by atoms with Crippen molar-refractivity contribution in [3.8, 4) is 0 Å². The molecule has 1 saturated carbocycles. The molecule has 1 aliphatic carbocycles. The van der Waals surface area contributed by atoms with Crippen molar-refractivity contribution in [3.05, 3.63) is 35.4 Å². The van der Waals surface area contributed by atoms with E-state index in [1.54, 1.807) is 6.07 Å². The number of carbonyl (C=O) groups excluding carboxylic acids is 1. The van der Waals surface area contributed by atoms with E-state index in [1.165, 1.54) is 6.07 Å². The molecule has 3 rings (SSSR count). The summed E-state index contributed by atoms with van der Waals surface area (Å²) in [6.07, 6.45) is 3.49. The van der Waals surface area contributed by atoms with Gasteiger partial charge in [0.2, 0.25) is 5.91 Å². The molecule has 2 fully saturated rings. The number of hydrogen-bond acceptors (Lipinski definition) is 2. The molecule has 0 radical (unpaired) electrons. The van der Waals surface area contributed by atoms with Crippen molar-refractivity contribution >= 4 is 18.3 Å². The summed E-state index contributed by atoms with van der Waals surface area (Å²) in [5, 5.41) is 3.31. The second-order valence-electron chi connectivity index (χ2n) is 6.60. The van der Waals surface area contributed by atoms with Gasteiger partial charge in [0.05, 0.1) is 0 Å². The summed E-state index contributed by atoms with van der Waals surface area (Å²) in [4.78, 5) is 14.9. The van der Waals surface area contributed by atoms with Crippen LogP contribution in [0.1, 0.15) is 44.1 Å². The van der Waals surface area contributed by atoms with E-state index in [1.807, 2.05) is 4.90 Å². The number of benzene rings is 1. The molecule has 2 unspecified atom stereocenters. The number of piperidine rings is 1. The van der Waals surface area contributed by atoms with Crippen LogP contribution < -0.4 is 5.32 Å². The highest BCUT2D eigenvalue weighted by atomic mass is 35.5. The molecule has 134 valence electrons. The minimum Gasteiger partial charge on any atom is -0.339 e. The van der Waals surface area contributed by atoms with E-state index in [2.05, 4.69) is 12.2 Å². The van der Waals surface area contributed by atoms with Crippen LogP contribution in [0.2, 0.25) is 0 Å². The summed E-state index contributed by atoms with van der Waals surface area (Å²) in [5.74, 6) is -1.86. The van der Waals surface area contributed by atoms with E-state index >= 15 is 0 Å². The first-order valence-electron chi connectivity index (χ1n) is 8.58. The normalized spacial score (nSPS) is 23.5. The first-order chi connectivity index (χ1) is 11.1. The minimum atomic E-state index is -0.829. The maximum absolute atomic E-state index is 13.9. The van der Waals surface area contributed by atoms with E-state index in [9.17, 15) is 13.6 Å². The molecule has 1 amide bonds. The Kier molecular flexibility index (Phi) is 6.58. The van der Waals surface area contributed by atoms with Crippen LogP contribution in [-0.2, 0) is 4.79 Å². The number of carbonyl (C=O) groups is 1. The molecule has 1 N–H and O–H groups in total. The molecule has 1 aromatic rings. The van der Waals surface area contributed by atoms with Gasteiger partial charge in [0.25, 0.3) is 0 Å². The molecular formula is C18H25ClF2N2O. The molecule has 0 bridgehead atoms. The Labute approximate surface area is 148 Å². The highest BCUT2D eigenvalue weighted by Crippen LogP contribution is 2.49. The van der Waals surface area contributed by atoms with Crippen molar-refractivity contribution in [3.63, 3.8) is 0 Å². The monoisotopic (exact) mass is 358 g/mol. The van der Waals surface area contributed by atoms with Crippen LogP contribution in [0.3, 0.4) is 0 Å². The van der Waals surface area contributed by atoms with Gasteiger partial charge in [-0.3, -0.25) is 4.79 Å². The van der Waals surface area contributed by atoms with Gasteiger partial charge in [-0.1, -0.05) is 19.1 Å². The third kappa shape index (κ3) is 3.89. The fourth-order valence-electron chi connectivity index (χ4n) is 3.66. The lowest BCUT2D eigenvalue weighted by Gasteiger charge is -2.35. The Morgan fingerprint density at radius 1 is 1.29 bits per heavy atom. The van der Waals surface area contributed by atoms with E-state index < -0.39 is 11.6 Å². The van der Waals surface area contributed by atoms with Crippen molar-refractivity contribution in [2.75, 3.05) is 19.6 Å². The van der Waals surface area contributed by atoms with Gasteiger partial charge in [0, 0.05) is 18.5 Å². The lowest BCUT2D eigenvalue weighted by atomic mass is 10.0. The molecule has 0 aromatic heterocycles. The molecular weight excluding hydrogens is 334 g/mol. The Bertz CT molecular complexity index is 578. The third-order valence-electron chi connectivity index (χ3n) is 4.99. The Hall–Kier alpha value is -1.20. The number of amides is 1. The van der Waals surface area contributed by atoms with Crippen LogP contribution in [-0.4, -0.2) is 36.5 Å². The molecule has 1 aliphatic heterocycles. The summed E-state index contributed by atoms with van der Waals surface area (Å²) >= 11 is 0. The van der Waals surface area contributed by atoms with Gasteiger partial charge in [-0.25, -0.2) is 8.78 Å². The second-order valence-corrected chi connectivity index (χ2v) is 6.60. The SMILES string of the molecule is CCCN(C(=O)C1CC1c1cccc(F)c1F)C1CCNCC1.Cl. The van der Waals surface area contributed by atoms with Crippen molar-refractivity contribution in [2.24, 2.45) is 5.92 Å². The largest absolute Gasteiger partial charge is 0.339 e. The quantitative estimate of drug-likeness (QED) is 0.874. The van der Waals surface area contributed by atoms with E-state index in [0.29, 0.717) is 12.0 Å². The summed E-state index contributed by atoms with van der Waals surface area (Å²) in [6, 6.07) is 4.52. The maximum atomic E-state index is 13.9. The molecule has 2 atom stereocenters. The minimum absolute atomic E-state index is 0. The van der Waals surface area contributed by atoms with Gasteiger partial charge >= 0.3 is 0 Å². The predicted octanol–water partition coefficient (Wildman–Crippen LogP) is 3.48. The Morgan fingerprint density at radius 2 is 2.00 bits per heavy atom. The fourth-order valence-corrected chi connectivity index (χ4v) is 3.66. The zero-order chi connectivity index (χ0) is 16.4. The Balaban J connectivity index is 0.00000208. The molecule has 1 heterocycles. The van der Waals surface area contributed by atoms with Crippen LogP contribution in [0, 0.1) is 17.6 Å². The van der Waals surface area contributed by atoms with Crippen LogP contribution >= 0.6 is 12.4 Å². The molecule has 6 heteroatoms. The number of hydrogen-bond donors (Lipinski definition) is 1. The van der Waals surface area contributed by atoms with E-state index in [4.69, 9.17) is 0 Å². The van der Waals surface area contributed by atoms with Gasteiger partial charge in [-0.15, -0.1) is 12.4 Å². The fraction of sp³-hybridized carbons (Fsp3) is 0.611. The first-order valence-corrected chi connectivity index (χ1v) is 8.58. The molecule has 3 nitrogen and oxygen atoms in total. The van der Waals surface area contributed by atoms with Crippen LogP contribution in [0.15, 0.2) is 18.2 Å². The smallest absolute Gasteiger partial charge is 0.226 e. The number of rotatable bonds is 5. The average molecular weight is 359 g/mol. The summed E-state index contributed by atoms with van der Waals surface area (Å²) < 4.78 is 27.3. The lowest BCUT2D eigenvalue weighted by Crippen LogP contribution is -2.47. The first kappa shape index (κ1) is 19.1. The zero-order valence-electron chi connectivity index (χ0n) is 13.9. The predicted molar refractivity (Wildman–Crippen MR) is 92.3 cm³/mol. The molecule has 1 aromatic carbocycles. The van der Waals surface area contributed by atoms with E-state index in [0.717, 1.165) is 45.0 Å². The maximum Gasteiger partial charge on any atom is 0.226 e. The van der Waals surface area contributed by atoms with Crippen molar-refractivity contribution in [2.45, 2.75) is 44.6 Å². The summed E-state index contributed by atoms with van der Waals surface area (Å²) in [6.45, 7) is 4.69. The molecule has 0 spiro atoms.